The number of hydrogen-bond donors (Lipinski definition) is 0. The van der Waals surface area contributed by atoms with Crippen molar-refractivity contribution in [2.24, 2.45) is 5.41 Å². The van der Waals surface area contributed by atoms with E-state index in [-0.39, 0.29) is 29.2 Å². The molecule has 1 aliphatic rings. The lowest BCUT2D eigenvalue weighted by molar-refractivity contribution is -0.0600. The number of ether oxygens (including phenoxy) is 2. The lowest BCUT2D eigenvalue weighted by Gasteiger charge is -2.45. The van der Waals surface area contributed by atoms with Crippen LogP contribution in [0.3, 0.4) is 0 Å². The summed E-state index contributed by atoms with van der Waals surface area (Å²) >= 11 is 0. The molecule has 5 heteroatoms. The van der Waals surface area contributed by atoms with Crippen molar-refractivity contribution in [3.63, 3.8) is 0 Å². The predicted octanol–water partition coefficient (Wildman–Crippen LogP) is 4.11. The van der Waals surface area contributed by atoms with E-state index in [1.807, 2.05) is 18.2 Å². The first-order valence-electron chi connectivity index (χ1n) is 8.68. The monoisotopic (exact) mass is 350 g/mol. The Bertz CT molecular complexity index is 593. The number of hydrogen-bond acceptors (Lipinski definition) is 4. The maximum atomic E-state index is 11.8. The quantitative estimate of drug-likeness (QED) is 0.440. The van der Waals surface area contributed by atoms with E-state index in [9.17, 15) is 4.79 Å². The zero-order valence-electron chi connectivity index (χ0n) is 15.9. The second-order valence-corrected chi connectivity index (χ2v) is 10.1. The Hall–Kier alpha value is -1.17. The standard InChI is InChI=1S/C19H30O4Si/c1-8-19(18(2,3)4,23-24(6)7)16-15(22-16)13-10-9-11-14(12-13)17(20)21-5/h9-12,15-16,24H,8H2,1-7H3. The lowest BCUT2D eigenvalue weighted by atomic mass is 9.71. The number of rotatable bonds is 6. The van der Waals surface area contributed by atoms with Gasteiger partial charge in [-0.1, -0.05) is 39.8 Å². The van der Waals surface area contributed by atoms with E-state index < -0.39 is 9.04 Å². The van der Waals surface area contributed by atoms with Crippen LogP contribution in [0.5, 0.6) is 0 Å². The molecular weight excluding hydrogens is 320 g/mol. The third-order valence-electron chi connectivity index (χ3n) is 4.83. The first-order valence-corrected chi connectivity index (χ1v) is 11.5. The Morgan fingerprint density at radius 3 is 2.46 bits per heavy atom. The fourth-order valence-electron chi connectivity index (χ4n) is 3.59. The highest BCUT2D eigenvalue weighted by Gasteiger charge is 2.60. The Morgan fingerprint density at radius 2 is 1.96 bits per heavy atom. The van der Waals surface area contributed by atoms with Crippen LogP contribution >= 0.6 is 0 Å². The maximum absolute atomic E-state index is 11.8. The molecule has 3 unspecified atom stereocenters. The van der Waals surface area contributed by atoms with Gasteiger partial charge in [0.25, 0.3) is 0 Å². The summed E-state index contributed by atoms with van der Waals surface area (Å²) in [6.45, 7) is 13.2. The number of methoxy groups -OCH3 is 1. The van der Waals surface area contributed by atoms with Crippen molar-refractivity contribution in [2.75, 3.05) is 7.11 Å². The van der Waals surface area contributed by atoms with Crippen molar-refractivity contribution in [2.45, 2.75) is 65.0 Å². The van der Waals surface area contributed by atoms with Crippen LogP contribution < -0.4 is 0 Å². The van der Waals surface area contributed by atoms with Crippen LogP contribution in [0.2, 0.25) is 13.1 Å². The zero-order valence-corrected chi connectivity index (χ0v) is 17.0. The van der Waals surface area contributed by atoms with E-state index in [0.717, 1.165) is 12.0 Å². The molecule has 1 aromatic rings. The van der Waals surface area contributed by atoms with Gasteiger partial charge in [-0.05, 0) is 42.6 Å². The van der Waals surface area contributed by atoms with Crippen molar-refractivity contribution in [3.05, 3.63) is 35.4 Å². The third kappa shape index (κ3) is 3.58. The van der Waals surface area contributed by atoms with Gasteiger partial charge >= 0.3 is 5.97 Å². The van der Waals surface area contributed by atoms with Crippen LogP contribution in [0.25, 0.3) is 0 Å². The van der Waals surface area contributed by atoms with E-state index >= 15 is 0 Å². The highest BCUT2D eigenvalue weighted by atomic mass is 28.3. The summed E-state index contributed by atoms with van der Waals surface area (Å²) in [7, 11) is 0.162. The molecule has 0 aliphatic carbocycles. The average molecular weight is 351 g/mol. The van der Waals surface area contributed by atoms with Crippen LogP contribution in [0.15, 0.2) is 24.3 Å². The minimum Gasteiger partial charge on any atom is -0.465 e. The molecule has 0 saturated carbocycles. The fourth-order valence-corrected chi connectivity index (χ4v) is 5.08. The van der Waals surface area contributed by atoms with Gasteiger partial charge in [-0.25, -0.2) is 4.79 Å². The van der Waals surface area contributed by atoms with E-state index in [0.29, 0.717) is 5.56 Å². The van der Waals surface area contributed by atoms with Crippen molar-refractivity contribution >= 4 is 15.0 Å². The Kier molecular flexibility index (Phi) is 5.57. The van der Waals surface area contributed by atoms with Crippen LogP contribution in [0, 0.1) is 5.41 Å². The number of esters is 1. The van der Waals surface area contributed by atoms with Gasteiger partial charge in [0, 0.05) is 0 Å². The summed E-state index contributed by atoms with van der Waals surface area (Å²) in [6, 6.07) is 7.52. The first kappa shape index (κ1) is 19.2. The number of carbonyl (C=O) groups excluding carboxylic acids is 1. The van der Waals surface area contributed by atoms with Gasteiger partial charge in [-0.3, -0.25) is 0 Å². The molecule has 2 rings (SSSR count). The molecule has 0 radical (unpaired) electrons. The minimum atomic E-state index is -1.24. The maximum Gasteiger partial charge on any atom is 0.337 e. The molecule has 0 amide bonds. The summed E-state index contributed by atoms with van der Waals surface area (Å²) in [6.07, 6.45) is 0.895. The van der Waals surface area contributed by atoms with Gasteiger partial charge in [0.1, 0.15) is 12.2 Å². The molecule has 0 spiro atoms. The van der Waals surface area contributed by atoms with E-state index in [1.54, 1.807) is 6.07 Å². The lowest BCUT2D eigenvalue weighted by Crippen LogP contribution is -2.52. The van der Waals surface area contributed by atoms with Gasteiger partial charge in [0.2, 0.25) is 0 Å². The summed E-state index contributed by atoms with van der Waals surface area (Å²) in [5.74, 6) is -0.322. The summed E-state index contributed by atoms with van der Waals surface area (Å²) in [5, 5.41) is 0. The van der Waals surface area contributed by atoms with Crippen molar-refractivity contribution in [1.82, 2.24) is 0 Å². The Morgan fingerprint density at radius 1 is 1.29 bits per heavy atom. The zero-order chi connectivity index (χ0) is 18.1. The Balaban J connectivity index is 2.30. The number of epoxide rings is 1. The van der Waals surface area contributed by atoms with Gasteiger partial charge in [0.15, 0.2) is 9.04 Å². The largest absolute Gasteiger partial charge is 0.465 e. The van der Waals surface area contributed by atoms with Gasteiger partial charge in [0.05, 0.1) is 18.3 Å². The molecule has 3 atom stereocenters. The minimum absolute atomic E-state index is 0.0188. The molecule has 24 heavy (non-hydrogen) atoms. The molecule has 1 saturated heterocycles. The molecule has 134 valence electrons. The van der Waals surface area contributed by atoms with Crippen molar-refractivity contribution in [3.8, 4) is 0 Å². The molecule has 1 heterocycles. The molecule has 1 aliphatic heterocycles. The molecule has 1 aromatic carbocycles. The smallest absolute Gasteiger partial charge is 0.337 e. The molecule has 0 bridgehead atoms. The van der Waals surface area contributed by atoms with E-state index in [1.165, 1.54) is 7.11 Å². The number of carbonyl (C=O) groups is 1. The van der Waals surface area contributed by atoms with Crippen molar-refractivity contribution in [1.29, 1.82) is 0 Å². The van der Waals surface area contributed by atoms with Crippen LogP contribution in [-0.2, 0) is 13.9 Å². The SMILES string of the molecule is CCC(O[SiH](C)C)(C1OC1c1cccc(C(=O)OC)c1)C(C)(C)C. The predicted molar refractivity (Wildman–Crippen MR) is 97.8 cm³/mol. The summed E-state index contributed by atoms with van der Waals surface area (Å²) in [5.41, 5.74) is 1.23. The number of benzene rings is 1. The summed E-state index contributed by atoms with van der Waals surface area (Å²) < 4.78 is 17.5. The van der Waals surface area contributed by atoms with Gasteiger partial charge in [-0.2, -0.15) is 0 Å². The van der Waals surface area contributed by atoms with Crippen molar-refractivity contribution < 1.29 is 18.7 Å². The van der Waals surface area contributed by atoms with Gasteiger partial charge < -0.3 is 13.9 Å². The highest BCUT2D eigenvalue weighted by Crippen LogP contribution is 2.54. The van der Waals surface area contributed by atoms with E-state index in [2.05, 4.69) is 40.8 Å². The molecule has 0 N–H and O–H groups in total. The second-order valence-electron chi connectivity index (χ2n) is 7.75. The third-order valence-corrected chi connectivity index (χ3v) is 5.72. The van der Waals surface area contributed by atoms with Crippen LogP contribution in [0.1, 0.15) is 56.1 Å². The first-order chi connectivity index (χ1) is 11.2. The summed E-state index contributed by atoms with van der Waals surface area (Å²) in [4.78, 5) is 11.8. The fraction of sp³-hybridized carbons (Fsp3) is 0.632. The van der Waals surface area contributed by atoms with Crippen LogP contribution in [0.4, 0.5) is 0 Å². The molecular formula is C19H30O4Si. The highest BCUT2D eigenvalue weighted by molar-refractivity contribution is 6.48. The van der Waals surface area contributed by atoms with Gasteiger partial charge in [-0.15, -0.1) is 0 Å². The molecule has 4 nitrogen and oxygen atoms in total. The molecule has 0 aromatic heterocycles. The topological polar surface area (TPSA) is 48.1 Å². The Labute approximate surface area is 147 Å². The van der Waals surface area contributed by atoms with Crippen LogP contribution in [-0.4, -0.2) is 33.8 Å². The normalized spacial score (nSPS) is 23.0. The second kappa shape index (κ2) is 6.98. The molecule has 1 fully saturated rings. The average Bonchev–Trinajstić information content (AvgIpc) is 3.31. The van der Waals surface area contributed by atoms with E-state index in [4.69, 9.17) is 13.9 Å².